The van der Waals surface area contributed by atoms with E-state index >= 15 is 0 Å². The number of H-pyrrole nitrogens is 1. The van der Waals surface area contributed by atoms with Crippen molar-refractivity contribution in [2.75, 3.05) is 11.4 Å². The number of pyridine rings is 1. The third kappa shape index (κ3) is 2.31. The number of halogens is 1. The quantitative estimate of drug-likeness (QED) is 0.763. The second-order valence-electron chi connectivity index (χ2n) is 4.83. The van der Waals surface area contributed by atoms with E-state index in [1.54, 1.807) is 35.5 Å². The Morgan fingerprint density at radius 2 is 2.14 bits per heavy atom. The number of fused-ring (bicyclic) bond motifs is 1. The van der Waals surface area contributed by atoms with Crippen LogP contribution < -0.4 is 4.90 Å². The number of phenols is 1. The molecule has 0 aliphatic carbocycles. The highest BCUT2D eigenvalue weighted by atomic mass is 19.1. The van der Waals surface area contributed by atoms with E-state index in [4.69, 9.17) is 0 Å². The molecule has 0 aliphatic rings. The van der Waals surface area contributed by atoms with Crippen molar-refractivity contribution in [1.82, 2.24) is 9.97 Å². The first kappa shape index (κ1) is 13.4. The molecule has 0 spiro atoms. The minimum atomic E-state index is -0.405. The molecule has 2 N–H and O–H groups in total. The highest BCUT2D eigenvalue weighted by Gasteiger charge is 2.20. The molecular weight excluding hydrogens is 269 g/mol. The maximum atomic E-state index is 14.1. The first-order valence-corrected chi connectivity index (χ1v) is 6.89. The highest BCUT2D eigenvalue weighted by Crippen LogP contribution is 2.39. The summed E-state index contributed by atoms with van der Waals surface area (Å²) in [6, 6.07) is 8.21. The van der Waals surface area contributed by atoms with E-state index in [1.807, 2.05) is 13.0 Å². The molecule has 21 heavy (non-hydrogen) atoms. The van der Waals surface area contributed by atoms with Crippen LogP contribution >= 0.6 is 0 Å². The van der Waals surface area contributed by atoms with E-state index < -0.39 is 5.82 Å². The number of aromatic nitrogens is 2. The van der Waals surface area contributed by atoms with Crippen molar-refractivity contribution in [1.29, 1.82) is 0 Å². The maximum absolute atomic E-state index is 14.1. The van der Waals surface area contributed by atoms with Gasteiger partial charge < -0.3 is 15.0 Å². The largest absolute Gasteiger partial charge is 0.506 e. The Kier molecular flexibility index (Phi) is 3.48. The van der Waals surface area contributed by atoms with Gasteiger partial charge in [-0.1, -0.05) is 6.92 Å². The van der Waals surface area contributed by atoms with E-state index in [2.05, 4.69) is 9.97 Å². The van der Waals surface area contributed by atoms with Crippen molar-refractivity contribution in [3.05, 3.63) is 48.5 Å². The van der Waals surface area contributed by atoms with Gasteiger partial charge in [0.1, 0.15) is 5.75 Å². The second kappa shape index (κ2) is 5.44. The molecule has 0 amide bonds. The number of benzene rings is 1. The summed E-state index contributed by atoms with van der Waals surface area (Å²) in [6.45, 7) is 2.56. The zero-order chi connectivity index (χ0) is 14.8. The number of nitrogens with one attached hydrogen (secondary N) is 1. The number of hydrogen-bond donors (Lipinski definition) is 2. The van der Waals surface area contributed by atoms with Gasteiger partial charge in [-0.15, -0.1) is 0 Å². The summed E-state index contributed by atoms with van der Waals surface area (Å²) in [4.78, 5) is 8.96. The topological polar surface area (TPSA) is 52.1 Å². The lowest BCUT2D eigenvalue weighted by atomic mass is 10.1. The molecule has 0 atom stereocenters. The number of nitrogens with zero attached hydrogens (tertiary/aromatic N) is 2. The fraction of sp³-hybridized carbons (Fsp3) is 0.188. The molecule has 0 unspecified atom stereocenters. The molecule has 0 saturated carbocycles. The summed E-state index contributed by atoms with van der Waals surface area (Å²) in [6.07, 6.45) is 4.15. The molecule has 108 valence electrons. The summed E-state index contributed by atoms with van der Waals surface area (Å²) in [7, 11) is 0. The molecule has 2 heterocycles. The molecule has 2 aromatic heterocycles. The lowest BCUT2D eigenvalue weighted by Gasteiger charge is -2.25. The van der Waals surface area contributed by atoms with E-state index in [0.29, 0.717) is 12.2 Å². The average molecular weight is 285 g/mol. The number of hydrogen-bond acceptors (Lipinski definition) is 3. The van der Waals surface area contributed by atoms with Gasteiger partial charge in [0.15, 0.2) is 11.6 Å². The van der Waals surface area contributed by atoms with Gasteiger partial charge in [0.25, 0.3) is 0 Å². The fourth-order valence-electron chi connectivity index (χ4n) is 2.51. The van der Waals surface area contributed by atoms with Crippen LogP contribution in [-0.2, 0) is 0 Å². The van der Waals surface area contributed by atoms with Crippen LogP contribution in [0, 0.1) is 5.82 Å². The van der Waals surface area contributed by atoms with E-state index in [9.17, 15) is 9.50 Å². The normalized spacial score (nSPS) is 11.0. The lowest BCUT2D eigenvalue weighted by Crippen LogP contribution is -2.20. The summed E-state index contributed by atoms with van der Waals surface area (Å²) in [5.74, 6) is -0.0677. The van der Waals surface area contributed by atoms with Crippen molar-refractivity contribution in [3.63, 3.8) is 0 Å². The minimum Gasteiger partial charge on any atom is -0.506 e. The standard InChI is InChI=1S/C16H16FN3O/c1-2-10-20(16-12(17)4-3-8-19-16)15-11-7-9-18-13(11)5-6-14(15)21/h3-9,18,21H,2,10H2,1H3. The molecule has 0 aliphatic heterocycles. The molecule has 3 aromatic rings. The first-order valence-electron chi connectivity index (χ1n) is 6.89. The number of anilines is 2. The van der Waals surface area contributed by atoms with Gasteiger partial charge in [-0.05, 0) is 36.8 Å². The molecule has 0 bridgehead atoms. The Labute approximate surface area is 121 Å². The molecule has 0 fully saturated rings. The zero-order valence-electron chi connectivity index (χ0n) is 11.7. The average Bonchev–Trinajstić information content (AvgIpc) is 2.95. The molecule has 3 rings (SSSR count). The van der Waals surface area contributed by atoms with Gasteiger partial charge in [-0.2, -0.15) is 0 Å². The molecule has 0 radical (unpaired) electrons. The minimum absolute atomic E-state index is 0.112. The molecule has 0 saturated heterocycles. The van der Waals surface area contributed by atoms with Crippen LogP contribution in [0.15, 0.2) is 42.7 Å². The SMILES string of the molecule is CCCN(c1ncccc1F)c1c(O)ccc2[nH]ccc12. The van der Waals surface area contributed by atoms with Gasteiger partial charge in [0, 0.05) is 29.8 Å². The monoisotopic (exact) mass is 285 g/mol. The molecular formula is C16H16FN3O. The predicted octanol–water partition coefficient (Wildman–Crippen LogP) is 3.96. The highest BCUT2D eigenvalue weighted by molar-refractivity contribution is 5.97. The number of aromatic hydroxyl groups is 1. The maximum Gasteiger partial charge on any atom is 0.169 e. The summed E-state index contributed by atoms with van der Waals surface area (Å²) in [5.41, 5.74) is 1.47. The van der Waals surface area contributed by atoms with Crippen molar-refractivity contribution < 1.29 is 9.50 Å². The fourth-order valence-corrected chi connectivity index (χ4v) is 2.51. The summed E-state index contributed by atoms with van der Waals surface area (Å²) >= 11 is 0. The van der Waals surface area contributed by atoms with E-state index in [0.717, 1.165) is 17.3 Å². The first-order chi connectivity index (χ1) is 10.2. The van der Waals surface area contributed by atoms with Crippen LogP contribution in [0.4, 0.5) is 15.9 Å². The van der Waals surface area contributed by atoms with Crippen molar-refractivity contribution in [2.45, 2.75) is 13.3 Å². The molecule has 5 heteroatoms. The van der Waals surface area contributed by atoms with Crippen LogP contribution in [0.1, 0.15) is 13.3 Å². The van der Waals surface area contributed by atoms with Crippen LogP contribution in [0.2, 0.25) is 0 Å². The van der Waals surface area contributed by atoms with E-state index in [1.165, 1.54) is 6.07 Å². The smallest absolute Gasteiger partial charge is 0.169 e. The van der Waals surface area contributed by atoms with Crippen LogP contribution in [0.25, 0.3) is 10.9 Å². The Hall–Kier alpha value is -2.56. The third-order valence-corrected chi connectivity index (χ3v) is 3.40. The Bertz CT molecular complexity index is 769. The summed E-state index contributed by atoms with van der Waals surface area (Å²) < 4.78 is 14.1. The number of rotatable bonds is 4. The van der Waals surface area contributed by atoms with Gasteiger partial charge in [-0.3, -0.25) is 0 Å². The lowest BCUT2D eigenvalue weighted by molar-refractivity contribution is 0.476. The van der Waals surface area contributed by atoms with Gasteiger partial charge in [0.2, 0.25) is 0 Å². The Morgan fingerprint density at radius 1 is 1.29 bits per heavy atom. The molecule has 4 nitrogen and oxygen atoms in total. The van der Waals surface area contributed by atoms with Crippen molar-refractivity contribution in [2.24, 2.45) is 0 Å². The van der Waals surface area contributed by atoms with E-state index in [-0.39, 0.29) is 11.6 Å². The van der Waals surface area contributed by atoms with Crippen LogP contribution in [0.5, 0.6) is 5.75 Å². The van der Waals surface area contributed by atoms with Crippen LogP contribution in [0.3, 0.4) is 0 Å². The van der Waals surface area contributed by atoms with Crippen LogP contribution in [-0.4, -0.2) is 21.6 Å². The van der Waals surface area contributed by atoms with Gasteiger partial charge in [0.05, 0.1) is 5.69 Å². The second-order valence-corrected chi connectivity index (χ2v) is 4.83. The predicted molar refractivity (Wildman–Crippen MR) is 81.5 cm³/mol. The van der Waals surface area contributed by atoms with Gasteiger partial charge in [-0.25, -0.2) is 9.37 Å². The van der Waals surface area contributed by atoms with Crippen molar-refractivity contribution >= 4 is 22.4 Å². The zero-order valence-corrected chi connectivity index (χ0v) is 11.7. The number of aromatic amines is 1. The number of phenolic OH excluding ortho intramolecular Hbond substituents is 1. The third-order valence-electron chi connectivity index (χ3n) is 3.40. The molecule has 1 aromatic carbocycles. The van der Waals surface area contributed by atoms with Gasteiger partial charge >= 0.3 is 0 Å². The Morgan fingerprint density at radius 3 is 2.90 bits per heavy atom. The Balaban J connectivity index is 2.23. The van der Waals surface area contributed by atoms with Crippen molar-refractivity contribution in [3.8, 4) is 5.75 Å². The summed E-state index contributed by atoms with van der Waals surface area (Å²) in [5, 5.41) is 11.1.